The van der Waals surface area contributed by atoms with Crippen LogP contribution in [0.5, 0.6) is 0 Å². The second kappa shape index (κ2) is 7.43. The molecule has 1 amide bonds. The first-order valence-corrected chi connectivity index (χ1v) is 6.73. The standard InChI is InChI=1S/C15H28N2O4/c1-11(16-13(19)21-15(5,6)7)17(8)9-12(18)20-10-14(2,3)4/h9-10H2,1-8H3/b16-11+/i8D3. The average molecular weight is 303 g/mol. The molecule has 0 rings (SSSR count). The van der Waals surface area contributed by atoms with Crippen LogP contribution in [0.3, 0.4) is 0 Å². The van der Waals surface area contributed by atoms with Gasteiger partial charge in [-0.15, -0.1) is 0 Å². The molecular weight excluding hydrogens is 272 g/mol. The van der Waals surface area contributed by atoms with Gasteiger partial charge in [0.2, 0.25) is 0 Å². The largest absolute Gasteiger partial charge is 0.464 e. The summed E-state index contributed by atoms with van der Waals surface area (Å²) in [7, 11) is 0. The number of likely N-dealkylation sites (N-methyl/N-ethyl adjacent to an activating group) is 1. The fourth-order valence-electron chi connectivity index (χ4n) is 1.06. The van der Waals surface area contributed by atoms with E-state index in [2.05, 4.69) is 4.99 Å². The van der Waals surface area contributed by atoms with Crippen molar-refractivity contribution in [3.63, 3.8) is 0 Å². The van der Waals surface area contributed by atoms with Crippen LogP contribution in [-0.4, -0.2) is 48.5 Å². The fraction of sp³-hybridized carbons (Fsp3) is 0.800. The predicted octanol–water partition coefficient (Wildman–Crippen LogP) is 2.86. The molecule has 0 heterocycles. The lowest BCUT2D eigenvalue weighted by molar-refractivity contribution is -0.146. The van der Waals surface area contributed by atoms with Crippen molar-refractivity contribution in [2.45, 2.75) is 54.1 Å². The molecule has 0 aliphatic heterocycles. The Bertz CT molecular complexity index is 488. The lowest BCUT2D eigenvalue weighted by Crippen LogP contribution is -2.33. The van der Waals surface area contributed by atoms with Crippen LogP contribution in [0.15, 0.2) is 4.99 Å². The third-order valence-corrected chi connectivity index (χ3v) is 1.99. The quantitative estimate of drug-likeness (QED) is 0.455. The molecule has 0 aliphatic rings. The summed E-state index contributed by atoms with van der Waals surface area (Å²) in [5.41, 5.74) is -0.989. The topological polar surface area (TPSA) is 68.2 Å². The summed E-state index contributed by atoms with van der Waals surface area (Å²) in [5, 5.41) is 0. The summed E-state index contributed by atoms with van der Waals surface area (Å²) in [6, 6.07) is 0. The van der Waals surface area contributed by atoms with E-state index >= 15 is 0 Å². The second-order valence-corrected chi connectivity index (χ2v) is 6.95. The Morgan fingerprint density at radius 2 is 1.76 bits per heavy atom. The van der Waals surface area contributed by atoms with Crippen LogP contribution in [-0.2, 0) is 14.3 Å². The second-order valence-electron chi connectivity index (χ2n) is 6.95. The summed E-state index contributed by atoms with van der Waals surface area (Å²) in [6.07, 6.45) is -0.919. The summed E-state index contributed by atoms with van der Waals surface area (Å²) in [6.45, 7) is 8.96. The zero-order valence-electron chi connectivity index (χ0n) is 16.9. The van der Waals surface area contributed by atoms with Gasteiger partial charge in [0.05, 0.1) is 6.61 Å². The van der Waals surface area contributed by atoms with Gasteiger partial charge >= 0.3 is 12.1 Å². The Morgan fingerprint density at radius 3 is 2.19 bits per heavy atom. The van der Waals surface area contributed by atoms with Gasteiger partial charge in [-0.2, -0.15) is 4.99 Å². The maximum atomic E-state index is 11.9. The number of carbonyl (C=O) groups is 2. The number of hydrogen-bond acceptors (Lipinski definition) is 4. The number of hydrogen-bond donors (Lipinski definition) is 0. The van der Waals surface area contributed by atoms with E-state index in [0.29, 0.717) is 0 Å². The van der Waals surface area contributed by atoms with Crippen molar-refractivity contribution >= 4 is 17.9 Å². The van der Waals surface area contributed by atoms with Crippen molar-refractivity contribution in [2.75, 3.05) is 20.1 Å². The number of esters is 1. The van der Waals surface area contributed by atoms with Crippen molar-refractivity contribution in [1.82, 2.24) is 4.90 Å². The highest BCUT2D eigenvalue weighted by Crippen LogP contribution is 2.13. The third-order valence-electron chi connectivity index (χ3n) is 1.99. The minimum atomic E-state index is -2.64. The molecule has 0 spiro atoms. The van der Waals surface area contributed by atoms with Crippen LogP contribution in [0.25, 0.3) is 0 Å². The van der Waals surface area contributed by atoms with Crippen molar-refractivity contribution in [1.29, 1.82) is 0 Å². The van der Waals surface area contributed by atoms with Gasteiger partial charge in [0, 0.05) is 11.1 Å². The molecule has 21 heavy (non-hydrogen) atoms. The van der Waals surface area contributed by atoms with Gasteiger partial charge in [0.25, 0.3) is 0 Å². The number of amidine groups is 1. The molecule has 0 radical (unpaired) electrons. The highest BCUT2D eigenvalue weighted by atomic mass is 16.6. The molecule has 122 valence electrons. The Hall–Kier alpha value is -1.59. The van der Waals surface area contributed by atoms with Crippen LogP contribution in [0, 0.1) is 5.41 Å². The first-order chi connectivity index (χ1) is 10.5. The molecule has 0 aromatic heterocycles. The van der Waals surface area contributed by atoms with Gasteiger partial charge < -0.3 is 14.4 Å². The summed E-state index contributed by atoms with van der Waals surface area (Å²) in [5.74, 6) is -0.850. The maximum absolute atomic E-state index is 11.9. The molecule has 0 saturated carbocycles. The Kier molecular flexibility index (Phi) is 5.08. The molecule has 0 fully saturated rings. The highest BCUT2D eigenvalue weighted by molar-refractivity contribution is 5.91. The average Bonchev–Trinajstić information content (AvgIpc) is 2.28. The van der Waals surface area contributed by atoms with Gasteiger partial charge in [0.1, 0.15) is 18.0 Å². The van der Waals surface area contributed by atoms with E-state index in [1.807, 2.05) is 20.8 Å². The van der Waals surface area contributed by atoms with E-state index in [0.717, 1.165) is 4.90 Å². The molecule has 0 bridgehead atoms. The van der Waals surface area contributed by atoms with Crippen LogP contribution in [0.1, 0.15) is 52.6 Å². The van der Waals surface area contributed by atoms with Crippen LogP contribution in [0.4, 0.5) is 4.79 Å². The molecule has 0 N–H and O–H groups in total. The minimum Gasteiger partial charge on any atom is -0.464 e. The zero-order chi connectivity index (χ0) is 19.3. The van der Waals surface area contributed by atoms with Gasteiger partial charge in [-0.1, -0.05) is 20.8 Å². The Morgan fingerprint density at radius 1 is 1.19 bits per heavy atom. The zero-order valence-corrected chi connectivity index (χ0v) is 13.9. The first-order valence-electron chi connectivity index (χ1n) is 8.23. The fourth-order valence-corrected chi connectivity index (χ4v) is 1.06. The molecule has 0 aliphatic carbocycles. The molecule has 6 heteroatoms. The monoisotopic (exact) mass is 303 g/mol. The summed E-state index contributed by atoms with van der Waals surface area (Å²) in [4.78, 5) is 27.9. The van der Waals surface area contributed by atoms with E-state index < -0.39 is 31.2 Å². The van der Waals surface area contributed by atoms with Gasteiger partial charge in [-0.25, -0.2) is 4.79 Å². The number of aliphatic imine (C=N–C) groups is 1. The van der Waals surface area contributed by atoms with Gasteiger partial charge in [0.15, 0.2) is 0 Å². The summed E-state index contributed by atoms with van der Waals surface area (Å²) < 4.78 is 32.6. The summed E-state index contributed by atoms with van der Waals surface area (Å²) >= 11 is 0. The number of nitrogens with zero attached hydrogens (tertiary/aromatic N) is 2. The van der Waals surface area contributed by atoms with E-state index in [-0.39, 0.29) is 17.9 Å². The van der Waals surface area contributed by atoms with Gasteiger partial charge in [-0.3, -0.25) is 4.79 Å². The van der Waals surface area contributed by atoms with Crippen molar-refractivity contribution in [2.24, 2.45) is 10.4 Å². The van der Waals surface area contributed by atoms with Crippen LogP contribution < -0.4 is 0 Å². The maximum Gasteiger partial charge on any atom is 0.435 e. The number of ether oxygens (including phenoxy) is 2. The predicted molar refractivity (Wildman–Crippen MR) is 82.4 cm³/mol. The molecule has 0 aromatic carbocycles. The van der Waals surface area contributed by atoms with Gasteiger partial charge in [-0.05, 0) is 33.1 Å². The van der Waals surface area contributed by atoms with E-state index in [1.165, 1.54) is 6.92 Å². The Labute approximate surface area is 131 Å². The molecule has 0 unspecified atom stereocenters. The van der Waals surface area contributed by atoms with Crippen molar-refractivity contribution < 1.29 is 23.2 Å². The van der Waals surface area contributed by atoms with E-state index in [9.17, 15) is 9.59 Å². The molecule has 0 saturated heterocycles. The lowest BCUT2D eigenvalue weighted by Gasteiger charge is -2.21. The normalized spacial score (nSPS) is 15.6. The molecule has 6 nitrogen and oxygen atoms in total. The number of rotatable bonds is 3. The number of amides is 1. The van der Waals surface area contributed by atoms with E-state index in [1.54, 1.807) is 20.8 Å². The lowest BCUT2D eigenvalue weighted by atomic mass is 9.99. The van der Waals surface area contributed by atoms with Crippen LogP contribution >= 0.6 is 0 Å². The highest BCUT2D eigenvalue weighted by Gasteiger charge is 2.18. The molecule has 0 aromatic rings. The van der Waals surface area contributed by atoms with Crippen molar-refractivity contribution in [3.05, 3.63) is 0 Å². The number of carbonyl (C=O) groups excluding carboxylic acids is 2. The van der Waals surface area contributed by atoms with E-state index in [4.69, 9.17) is 13.6 Å². The molecule has 0 atom stereocenters. The Balaban J connectivity index is 5.08. The third kappa shape index (κ3) is 10.8. The first kappa shape index (κ1) is 14.4. The smallest absolute Gasteiger partial charge is 0.435 e. The molecular formula is C15H28N2O4. The SMILES string of the molecule is [2H]C([2H])([2H])N(CC(=O)OCC(C)(C)C)/C(C)=N/C(=O)OC(C)(C)C. The van der Waals surface area contributed by atoms with Crippen LogP contribution in [0.2, 0.25) is 0 Å². The van der Waals surface area contributed by atoms with Crippen molar-refractivity contribution in [3.8, 4) is 0 Å². The minimum absolute atomic E-state index is 0.142.